The first-order valence-electron chi connectivity index (χ1n) is 10.2. The van der Waals surface area contributed by atoms with E-state index in [2.05, 4.69) is 76.8 Å². The van der Waals surface area contributed by atoms with Crippen LogP contribution >= 0.6 is 24.0 Å². The fourth-order valence-electron chi connectivity index (χ4n) is 3.76. The van der Waals surface area contributed by atoms with Crippen LogP contribution in [0.15, 0.2) is 39.8 Å². The van der Waals surface area contributed by atoms with E-state index >= 15 is 0 Å². The minimum atomic E-state index is 0. The van der Waals surface area contributed by atoms with Crippen LogP contribution in [0, 0.1) is 13.8 Å². The molecule has 1 heterocycles. The summed E-state index contributed by atoms with van der Waals surface area (Å²) in [7, 11) is 1.81. The first-order valence-corrected chi connectivity index (χ1v) is 10.2. The van der Waals surface area contributed by atoms with Crippen LogP contribution in [-0.4, -0.2) is 49.2 Å². The van der Waals surface area contributed by atoms with Crippen LogP contribution in [0.25, 0.3) is 0 Å². The van der Waals surface area contributed by atoms with Crippen molar-refractivity contribution in [1.82, 2.24) is 20.7 Å². The van der Waals surface area contributed by atoms with Crippen molar-refractivity contribution in [2.45, 2.75) is 46.6 Å². The number of aryl methyl sites for hydroxylation is 2. The van der Waals surface area contributed by atoms with Crippen molar-refractivity contribution in [3.05, 3.63) is 52.9 Å². The third-order valence-electron chi connectivity index (χ3n) is 5.28. The van der Waals surface area contributed by atoms with Gasteiger partial charge in [-0.15, -0.1) is 24.0 Å². The molecule has 0 amide bonds. The van der Waals surface area contributed by atoms with Crippen LogP contribution in [0.2, 0.25) is 0 Å². The first-order chi connectivity index (χ1) is 13.5. The number of guanidine groups is 1. The standard InChI is InChI=1S/C22H35N5O.HI/c1-7-27(8-2)20(19-12-10-9-11-13-19)15-25-22(23-6)24-14-16(3)21-17(4)26-28-18(21)5;/h9-13,16,20H,7-8,14-15H2,1-6H3,(H2,23,24,25);1H. The van der Waals surface area contributed by atoms with Crippen LogP contribution < -0.4 is 10.6 Å². The highest BCUT2D eigenvalue weighted by atomic mass is 127. The van der Waals surface area contributed by atoms with Gasteiger partial charge in [-0.3, -0.25) is 9.89 Å². The van der Waals surface area contributed by atoms with E-state index < -0.39 is 0 Å². The largest absolute Gasteiger partial charge is 0.361 e. The molecule has 0 aliphatic rings. The van der Waals surface area contributed by atoms with Crippen molar-refractivity contribution in [2.75, 3.05) is 33.2 Å². The molecule has 1 aromatic carbocycles. The number of hydrogen-bond acceptors (Lipinski definition) is 4. The van der Waals surface area contributed by atoms with E-state index in [0.717, 1.165) is 43.6 Å². The number of rotatable bonds is 9. The van der Waals surface area contributed by atoms with Crippen LogP contribution in [0.3, 0.4) is 0 Å². The van der Waals surface area contributed by atoms with Crippen LogP contribution in [0.5, 0.6) is 0 Å². The van der Waals surface area contributed by atoms with E-state index in [9.17, 15) is 0 Å². The van der Waals surface area contributed by atoms with Crippen molar-refractivity contribution in [3.8, 4) is 0 Å². The van der Waals surface area contributed by atoms with Crippen LogP contribution in [-0.2, 0) is 0 Å². The van der Waals surface area contributed by atoms with Gasteiger partial charge in [-0.05, 0) is 32.5 Å². The number of likely N-dealkylation sites (N-methyl/N-ethyl adjacent to an activating group) is 1. The van der Waals surface area contributed by atoms with Gasteiger partial charge in [-0.1, -0.05) is 56.3 Å². The van der Waals surface area contributed by atoms with Crippen molar-refractivity contribution in [1.29, 1.82) is 0 Å². The summed E-state index contributed by atoms with van der Waals surface area (Å²) in [5.41, 5.74) is 3.45. The SMILES string of the molecule is CCN(CC)C(CNC(=NC)NCC(C)c1c(C)noc1C)c1ccccc1.I. The predicted octanol–water partition coefficient (Wildman–Crippen LogP) is 4.26. The molecule has 6 nitrogen and oxygen atoms in total. The fraction of sp³-hybridized carbons (Fsp3) is 0.545. The molecule has 0 radical (unpaired) electrons. The zero-order valence-electron chi connectivity index (χ0n) is 18.5. The maximum atomic E-state index is 5.30. The number of nitrogens with zero attached hydrogens (tertiary/aromatic N) is 3. The minimum Gasteiger partial charge on any atom is -0.361 e. The Morgan fingerprint density at radius 3 is 2.24 bits per heavy atom. The molecular formula is C22H36IN5O. The molecule has 2 unspecified atom stereocenters. The van der Waals surface area contributed by atoms with E-state index in [1.54, 1.807) is 0 Å². The summed E-state index contributed by atoms with van der Waals surface area (Å²) in [4.78, 5) is 6.86. The molecule has 162 valence electrons. The second kappa shape index (κ2) is 12.8. The van der Waals surface area contributed by atoms with Gasteiger partial charge in [0.25, 0.3) is 0 Å². The zero-order valence-corrected chi connectivity index (χ0v) is 20.9. The Hall–Kier alpha value is -1.61. The van der Waals surface area contributed by atoms with E-state index in [0.29, 0.717) is 6.04 Å². The highest BCUT2D eigenvalue weighted by molar-refractivity contribution is 14.0. The van der Waals surface area contributed by atoms with E-state index in [-0.39, 0.29) is 29.9 Å². The van der Waals surface area contributed by atoms with Gasteiger partial charge in [-0.2, -0.15) is 0 Å². The Kier molecular flexibility index (Phi) is 11.3. The smallest absolute Gasteiger partial charge is 0.191 e. The van der Waals surface area contributed by atoms with Gasteiger partial charge in [0.05, 0.1) is 11.7 Å². The lowest BCUT2D eigenvalue weighted by atomic mass is 10.00. The number of benzene rings is 1. The fourth-order valence-corrected chi connectivity index (χ4v) is 3.76. The average Bonchev–Trinajstić information content (AvgIpc) is 3.06. The van der Waals surface area contributed by atoms with Gasteiger partial charge >= 0.3 is 0 Å². The molecule has 0 bridgehead atoms. The van der Waals surface area contributed by atoms with Gasteiger partial charge in [0.1, 0.15) is 5.76 Å². The Labute approximate surface area is 192 Å². The molecule has 29 heavy (non-hydrogen) atoms. The average molecular weight is 513 g/mol. The molecule has 2 N–H and O–H groups in total. The number of nitrogens with one attached hydrogen (secondary N) is 2. The third-order valence-corrected chi connectivity index (χ3v) is 5.28. The summed E-state index contributed by atoms with van der Waals surface area (Å²) in [6.45, 7) is 14.1. The van der Waals surface area contributed by atoms with Gasteiger partial charge < -0.3 is 15.2 Å². The molecular weight excluding hydrogens is 477 g/mol. The Morgan fingerprint density at radius 2 is 1.72 bits per heavy atom. The zero-order chi connectivity index (χ0) is 20.5. The molecule has 0 aliphatic carbocycles. The van der Waals surface area contributed by atoms with Crippen molar-refractivity contribution in [3.63, 3.8) is 0 Å². The number of aliphatic imine (C=N–C) groups is 1. The quantitative estimate of drug-likeness (QED) is 0.298. The van der Waals surface area contributed by atoms with Gasteiger partial charge in [0.2, 0.25) is 0 Å². The first kappa shape index (κ1) is 25.4. The highest BCUT2D eigenvalue weighted by Gasteiger charge is 2.19. The topological polar surface area (TPSA) is 65.7 Å². The lowest BCUT2D eigenvalue weighted by Crippen LogP contribution is -2.44. The summed E-state index contributed by atoms with van der Waals surface area (Å²) >= 11 is 0. The van der Waals surface area contributed by atoms with Crippen molar-refractivity contribution < 1.29 is 4.52 Å². The lowest BCUT2D eigenvalue weighted by molar-refractivity contribution is 0.219. The number of aromatic nitrogens is 1. The Morgan fingerprint density at radius 1 is 1.10 bits per heavy atom. The minimum absolute atomic E-state index is 0. The molecule has 0 saturated heterocycles. The highest BCUT2D eigenvalue weighted by Crippen LogP contribution is 2.22. The molecule has 7 heteroatoms. The van der Waals surface area contributed by atoms with Gasteiger partial charge in [0.15, 0.2) is 5.96 Å². The molecule has 2 rings (SSSR count). The molecule has 0 aliphatic heterocycles. The van der Waals surface area contributed by atoms with Gasteiger partial charge in [0, 0.05) is 31.6 Å². The van der Waals surface area contributed by atoms with Crippen LogP contribution in [0.1, 0.15) is 55.3 Å². The molecule has 0 fully saturated rings. The molecule has 0 saturated carbocycles. The Bertz CT molecular complexity index is 723. The molecule has 2 atom stereocenters. The van der Waals surface area contributed by atoms with E-state index in [1.165, 1.54) is 11.1 Å². The maximum Gasteiger partial charge on any atom is 0.191 e. The van der Waals surface area contributed by atoms with Crippen LogP contribution in [0.4, 0.5) is 0 Å². The summed E-state index contributed by atoms with van der Waals surface area (Å²) in [6.07, 6.45) is 0. The van der Waals surface area contributed by atoms with Crippen molar-refractivity contribution >= 4 is 29.9 Å². The number of halogens is 1. The van der Waals surface area contributed by atoms with Gasteiger partial charge in [-0.25, -0.2) is 0 Å². The monoisotopic (exact) mass is 513 g/mol. The Balaban J connectivity index is 0.00000420. The third kappa shape index (κ3) is 6.99. The van der Waals surface area contributed by atoms with Crippen molar-refractivity contribution in [2.24, 2.45) is 4.99 Å². The molecule has 1 aromatic heterocycles. The normalized spacial score (nSPS) is 13.7. The van der Waals surface area contributed by atoms with E-state index in [1.807, 2.05) is 20.9 Å². The summed E-state index contributed by atoms with van der Waals surface area (Å²) in [5, 5.41) is 11.0. The lowest BCUT2D eigenvalue weighted by Gasteiger charge is -2.31. The maximum absolute atomic E-state index is 5.30. The van der Waals surface area contributed by atoms with E-state index in [4.69, 9.17) is 4.52 Å². The molecule has 2 aromatic rings. The summed E-state index contributed by atoms with van der Waals surface area (Å²) in [6, 6.07) is 11.0. The number of hydrogen-bond donors (Lipinski definition) is 2. The second-order valence-electron chi connectivity index (χ2n) is 7.12. The molecule has 0 spiro atoms. The predicted molar refractivity (Wildman–Crippen MR) is 131 cm³/mol. The summed E-state index contributed by atoms with van der Waals surface area (Å²) < 4.78 is 5.30. The summed E-state index contributed by atoms with van der Waals surface area (Å²) in [5.74, 6) is 1.99. The second-order valence-corrected chi connectivity index (χ2v) is 7.12.